The molecule has 0 fully saturated rings. The molecule has 0 bridgehead atoms. The first-order valence-electron chi connectivity index (χ1n) is 7.21. The van der Waals surface area contributed by atoms with Crippen molar-refractivity contribution in [3.8, 4) is 0 Å². The van der Waals surface area contributed by atoms with Crippen molar-refractivity contribution in [1.29, 1.82) is 0 Å². The smallest absolute Gasteiger partial charge is 0.273 e. The highest BCUT2D eigenvalue weighted by atomic mass is 16.3. The van der Waals surface area contributed by atoms with Crippen LogP contribution in [0, 0.1) is 0 Å². The van der Waals surface area contributed by atoms with Crippen LogP contribution in [0.3, 0.4) is 0 Å². The van der Waals surface area contributed by atoms with Crippen LogP contribution in [-0.4, -0.2) is 28.6 Å². The van der Waals surface area contributed by atoms with E-state index in [9.17, 15) is 9.90 Å². The number of aliphatic hydroxyl groups excluding tert-OH is 1. The molecule has 118 valence electrons. The third kappa shape index (κ3) is 3.93. The second-order valence-corrected chi connectivity index (χ2v) is 5.36. The molecule has 0 aliphatic rings. The molecular weight excluding hydrogens is 282 g/mol. The zero-order chi connectivity index (χ0) is 16.1. The Morgan fingerprint density at radius 2 is 2.05 bits per heavy atom. The molecule has 4 N–H and O–H groups in total. The van der Waals surface area contributed by atoms with E-state index >= 15 is 0 Å². The van der Waals surface area contributed by atoms with E-state index < -0.39 is 12.1 Å². The Hall–Kier alpha value is -2.18. The van der Waals surface area contributed by atoms with Crippen molar-refractivity contribution in [3.05, 3.63) is 53.7 Å². The van der Waals surface area contributed by atoms with Gasteiger partial charge in [-0.1, -0.05) is 37.3 Å². The highest BCUT2D eigenvalue weighted by Gasteiger charge is 2.20. The molecule has 1 heterocycles. The molecule has 1 aromatic heterocycles. The van der Waals surface area contributed by atoms with Crippen LogP contribution in [0.2, 0.25) is 0 Å². The second-order valence-electron chi connectivity index (χ2n) is 5.36. The minimum absolute atomic E-state index is 0.149. The monoisotopic (exact) mass is 303 g/mol. The summed E-state index contributed by atoms with van der Waals surface area (Å²) < 4.78 is 5.14. The van der Waals surface area contributed by atoms with E-state index in [1.807, 2.05) is 37.3 Å². The maximum Gasteiger partial charge on any atom is 0.273 e. The number of oxazole rings is 1. The van der Waals surface area contributed by atoms with Crippen molar-refractivity contribution < 1.29 is 14.3 Å². The van der Waals surface area contributed by atoms with E-state index in [0.29, 0.717) is 6.54 Å². The molecule has 2 aromatic rings. The van der Waals surface area contributed by atoms with Crippen molar-refractivity contribution >= 4 is 5.91 Å². The maximum atomic E-state index is 12.0. The first kappa shape index (κ1) is 16.2. The van der Waals surface area contributed by atoms with Crippen molar-refractivity contribution in [1.82, 2.24) is 10.3 Å². The van der Waals surface area contributed by atoms with Crippen molar-refractivity contribution in [2.45, 2.75) is 31.9 Å². The molecule has 0 saturated carbocycles. The van der Waals surface area contributed by atoms with Crippen molar-refractivity contribution in [3.63, 3.8) is 0 Å². The number of amides is 1. The third-order valence-electron chi connectivity index (χ3n) is 3.50. The van der Waals surface area contributed by atoms with Crippen LogP contribution in [0.5, 0.6) is 0 Å². The van der Waals surface area contributed by atoms with Gasteiger partial charge in [0.2, 0.25) is 5.89 Å². The number of nitrogens with one attached hydrogen (secondary N) is 1. The summed E-state index contributed by atoms with van der Waals surface area (Å²) in [7, 11) is 0. The molecule has 0 aliphatic heterocycles. The SMILES string of the molecule is CC(CNC(=O)c1coc(C(N)C(C)O)n1)c1ccccc1. The van der Waals surface area contributed by atoms with Gasteiger partial charge >= 0.3 is 0 Å². The fourth-order valence-corrected chi connectivity index (χ4v) is 1.99. The number of rotatable bonds is 6. The Morgan fingerprint density at radius 1 is 1.36 bits per heavy atom. The zero-order valence-electron chi connectivity index (χ0n) is 12.7. The van der Waals surface area contributed by atoms with Crippen LogP contribution < -0.4 is 11.1 Å². The Morgan fingerprint density at radius 3 is 2.68 bits per heavy atom. The number of carbonyl (C=O) groups is 1. The summed E-state index contributed by atoms with van der Waals surface area (Å²) in [5.41, 5.74) is 7.02. The lowest BCUT2D eigenvalue weighted by atomic mass is 10.0. The molecule has 1 amide bonds. The molecular formula is C16H21N3O3. The number of aromatic nitrogens is 1. The predicted molar refractivity (Wildman–Crippen MR) is 82.3 cm³/mol. The van der Waals surface area contributed by atoms with Gasteiger partial charge in [-0.25, -0.2) is 4.98 Å². The minimum Gasteiger partial charge on any atom is -0.446 e. The summed E-state index contributed by atoms with van der Waals surface area (Å²) in [4.78, 5) is 16.1. The third-order valence-corrected chi connectivity index (χ3v) is 3.50. The van der Waals surface area contributed by atoms with E-state index in [1.54, 1.807) is 0 Å². The lowest BCUT2D eigenvalue weighted by molar-refractivity contribution is 0.0946. The van der Waals surface area contributed by atoms with E-state index in [1.165, 1.54) is 13.2 Å². The molecule has 22 heavy (non-hydrogen) atoms. The number of aliphatic hydroxyl groups is 1. The van der Waals surface area contributed by atoms with Crippen molar-refractivity contribution in [2.24, 2.45) is 5.73 Å². The van der Waals surface area contributed by atoms with Crippen LogP contribution in [0.25, 0.3) is 0 Å². The summed E-state index contributed by atoms with van der Waals surface area (Å²) in [6.45, 7) is 4.07. The first-order chi connectivity index (χ1) is 10.5. The fraction of sp³-hybridized carbons (Fsp3) is 0.375. The van der Waals surface area contributed by atoms with Crippen molar-refractivity contribution in [2.75, 3.05) is 6.54 Å². The topological polar surface area (TPSA) is 101 Å². The minimum atomic E-state index is -0.798. The summed E-state index contributed by atoms with van der Waals surface area (Å²) >= 11 is 0. The molecule has 0 radical (unpaired) electrons. The Labute approximate surface area is 129 Å². The van der Waals surface area contributed by atoms with Gasteiger partial charge in [-0.3, -0.25) is 4.79 Å². The first-order valence-corrected chi connectivity index (χ1v) is 7.21. The summed E-state index contributed by atoms with van der Waals surface area (Å²) in [5.74, 6) is 0.0167. The highest BCUT2D eigenvalue weighted by Crippen LogP contribution is 2.15. The average molecular weight is 303 g/mol. The van der Waals surface area contributed by atoms with Gasteiger partial charge in [-0.2, -0.15) is 0 Å². The number of benzene rings is 1. The highest BCUT2D eigenvalue weighted by molar-refractivity contribution is 5.91. The Kier molecular flexibility index (Phi) is 5.30. The van der Waals surface area contributed by atoms with E-state index in [0.717, 1.165) is 5.56 Å². The number of hydrogen-bond acceptors (Lipinski definition) is 5. The molecule has 0 aliphatic carbocycles. The quantitative estimate of drug-likeness (QED) is 0.752. The predicted octanol–water partition coefficient (Wildman–Crippen LogP) is 1.59. The number of hydrogen-bond donors (Lipinski definition) is 3. The zero-order valence-corrected chi connectivity index (χ0v) is 12.7. The van der Waals surface area contributed by atoms with Gasteiger partial charge in [0.05, 0.1) is 6.10 Å². The van der Waals surface area contributed by atoms with Gasteiger partial charge in [0, 0.05) is 6.54 Å². The van der Waals surface area contributed by atoms with E-state index in [4.69, 9.17) is 10.2 Å². The average Bonchev–Trinajstić information content (AvgIpc) is 3.02. The molecule has 3 atom stereocenters. The van der Waals surface area contributed by atoms with Gasteiger partial charge in [-0.15, -0.1) is 0 Å². The largest absolute Gasteiger partial charge is 0.446 e. The van der Waals surface area contributed by atoms with Crippen LogP contribution in [-0.2, 0) is 0 Å². The van der Waals surface area contributed by atoms with Crippen LogP contribution in [0.1, 0.15) is 47.7 Å². The summed E-state index contributed by atoms with van der Waals surface area (Å²) in [6.07, 6.45) is 0.452. The molecule has 6 nitrogen and oxygen atoms in total. The number of nitrogens with zero attached hydrogens (tertiary/aromatic N) is 1. The molecule has 1 aromatic carbocycles. The summed E-state index contributed by atoms with van der Waals surface area (Å²) in [5, 5.41) is 12.2. The molecule has 3 unspecified atom stereocenters. The molecule has 0 saturated heterocycles. The van der Waals surface area contributed by atoms with Gasteiger partial charge in [-0.05, 0) is 18.4 Å². The fourth-order valence-electron chi connectivity index (χ4n) is 1.99. The second kappa shape index (κ2) is 7.20. The van der Waals surface area contributed by atoms with Gasteiger partial charge in [0.25, 0.3) is 5.91 Å². The lowest BCUT2D eigenvalue weighted by Gasteiger charge is -2.12. The van der Waals surface area contributed by atoms with Gasteiger partial charge < -0.3 is 20.6 Å². The van der Waals surface area contributed by atoms with Crippen LogP contribution in [0.15, 0.2) is 41.0 Å². The maximum absolute atomic E-state index is 12.0. The van der Waals surface area contributed by atoms with Crippen LogP contribution >= 0.6 is 0 Å². The van der Waals surface area contributed by atoms with E-state index in [-0.39, 0.29) is 23.4 Å². The van der Waals surface area contributed by atoms with Gasteiger partial charge in [0.1, 0.15) is 12.3 Å². The Balaban J connectivity index is 1.93. The number of nitrogens with two attached hydrogens (primary N) is 1. The van der Waals surface area contributed by atoms with Gasteiger partial charge in [0.15, 0.2) is 5.69 Å². The van der Waals surface area contributed by atoms with E-state index in [2.05, 4.69) is 10.3 Å². The standard InChI is InChI=1S/C16H21N3O3/c1-10(12-6-4-3-5-7-12)8-18-15(21)13-9-22-16(19-13)14(17)11(2)20/h3-7,9-11,14,20H,8,17H2,1-2H3,(H,18,21). The van der Waals surface area contributed by atoms with Crippen LogP contribution in [0.4, 0.5) is 0 Å². The summed E-state index contributed by atoms with van der Waals surface area (Å²) in [6, 6.07) is 9.19. The number of carbonyl (C=O) groups excluding carboxylic acids is 1. The lowest BCUT2D eigenvalue weighted by Crippen LogP contribution is -2.28. The molecule has 2 rings (SSSR count). The Bertz CT molecular complexity index is 610. The normalized spacial score (nSPS) is 15.1. The molecule has 6 heteroatoms. The molecule has 0 spiro atoms.